The zero-order valence-electron chi connectivity index (χ0n) is 8.64. The van der Waals surface area contributed by atoms with Crippen LogP contribution in [0.4, 0.5) is 0 Å². The first kappa shape index (κ1) is 9.64. The van der Waals surface area contributed by atoms with Crippen LogP contribution >= 0.6 is 0 Å². The van der Waals surface area contributed by atoms with Crippen molar-refractivity contribution in [2.24, 2.45) is 0 Å². The normalized spacial score (nSPS) is 10.6. The van der Waals surface area contributed by atoms with Crippen LogP contribution in [0, 0.1) is 0 Å². The van der Waals surface area contributed by atoms with E-state index < -0.39 is 0 Å². The number of rotatable bonds is 3. The van der Waals surface area contributed by atoms with Crippen LogP contribution in [-0.2, 0) is 0 Å². The third-order valence-corrected chi connectivity index (χ3v) is 1.77. The number of nitrogens with one attached hydrogen (secondary N) is 1. The average Bonchev–Trinajstić information content (AvgIpc) is 2.67. The Morgan fingerprint density at radius 3 is 2.93 bits per heavy atom. The minimum Gasteiger partial charge on any atom is -0.474 e. The molecule has 2 rings (SSSR count). The molecule has 5 heteroatoms. The third-order valence-electron chi connectivity index (χ3n) is 1.77. The quantitative estimate of drug-likeness (QED) is 0.825. The van der Waals surface area contributed by atoms with Crippen molar-refractivity contribution >= 4 is 0 Å². The van der Waals surface area contributed by atoms with E-state index >= 15 is 0 Å². The molecule has 5 nitrogen and oxygen atoms in total. The summed E-state index contributed by atoms with van der Waals surface area (Å²) in [6.07, 6.45) is 3.30. The lowest BCUT2D eigenvalue weighted by molar-refractivity contribution is 0.232. The predicted molar refractivity (Wildman–Crippen MR) is 55.4 cm³/mol. The second kappa shape index (κ2) is 4.08. The Bertz CT molecular complexity index is 424. The van der Waals surface area contributed by atoms with Crippen molar-refractivity contribution in [1.82, 2.24) is 20.2 Å². The average molecular weight is 204 g/mol. The van der Waals surface area contributed by atoms with Crippen molar-refractivity contribution in [2.75, 3.05) is 0 Å². The Labute approximate surface area is 87.5 Å². The summed E-state index contributed by atoms with van der Waals surface area (Å²) >= 11 is 0. The highest BCUT2D eigenvalue weighted by atomic mass is 16.5. The molecule has 0 bridgehead atoms. The van der Waals surface area contributed by atoms with Gasteiger partial charge in [-0.2, -0.15) is 0 Å². The lowest BCUT2D eigenvalue weighted by Crippen LogP contribution is -2.05. The van der Waals surface area contributed by atoms with Gasteiger partial charge in [0, 0.05) is 12.3 Å². The van der Waals surface area contributed by atoms with Gasteiger partial charge in [-0.05, 0) is 19.9 Å². The summed E-state index contributed by atoms with van der Waals surface area (Å²) in [5, 5.41) is 6.89. The molecule has 0 atom stereocenters. The Morgan fingerprint density at radius 1 is 1.40 bits per heavy atom. The summed E-state index contributed by atoms with van der Waals surface area (Å²) in [7, 11) is 0. The fourth-order valence-electron chi connectivity index (χ4n) is 1.19. The van der Waals surface area contributed by atoms with Gasteiger partial charge in [0.2, 0.25) is 5.88 Å². The summed E-state index contributed by atoms with van der Waals surface area (Å²) in [5.41, 5.74) is 1.63. The number of H-pyrrole nitrogens is 1. The van der Waals surface area contributed by atoms with E-state index in [0.29, 0.717) is 5.88 Å². The van der Waals surface area contributed by atoms with Crippen LogP contribution in [0.3, 0.4) is 0 Å². The molecular formula is C10H12N4O. The van der Waals surface area contributed by atoms with Crippen LogP contribution in [0.25, 0.3) is 11.4 Å². The van der Waals surface area contributed by atoms with Gasteiger partial charge in [-0.15, -0.1) is 5.10 Å². The molecule has 2 heterocycles. The Kier molecular flexibility index (Phi) is 2.62. The summed E-state index contributed by atoms with van der Waals surface area (Å²) in [6, 6.07) is 3.63. The minimum absolute atomic E-state index is 0.117. The van der Waals surface area contributed by atoms with Crippen LogP contribution in [0.5, 0.6) is 5.88 Å². The van der Waals surface area contributed by atoms with Crippen molar-refractivity contribution in [3.8, 4) is 17.3 Å². The first-order valence-electron chi connectivity index (χ1n) is 4.74. The highest BCUT2D eigenvalue weighted by Crippen LogP contribution is 2.18. The van der Waals surface area contributed by atoms with Crippen LogP contribution in [0.2, 0.25) is 0 Å². The topological polar surface area (TPSA) is 63.7 Å². The number of hydrogen-bond acceptors (Lipinski definition) is 4. The van der Waals surface area contributed by atoms with Gasteiger partial charge in [0.15, 0.2) is 0 Å². The van der Waals surface area contributed by atoms with E-state index in [1.54, 1.807) is 6.20 Å². The number of hydrogen-bond donors (Lipinski definition) is 1. The number of aromatic nitrogens is 4. The molecule has 1 N–H and O–H groups in total. The largest absolute Gasteiger partial charge is 0.474 e. The zero-order valence-corrected chi connectivity index (χ0v) is 8.64. The first-order chi connectivity index (χ1) is 7.25. The minimum atomic E-state index is 0.117. The summed E-state index contributed by atoms with van der Waals surface area (Å²) < 4.78 is 5.43. The van der Waals surface area contributed by atoms with Crippen LogP contribution < -0.4 is 4.74 Å². The smallest absolute Gasteiger partial charge is 0.233 e. The Balaban J connectivity index is 2.21. The van der Waals surface area contributed by atoms with E-state index in [2.05, 4.69) is 20.2 Å². The Hall–Kier alpha value is -1.91. The molecular weight excluding hydrogens is 192 g/mol. The van der Waals surface area contributed by atoms with Crippen molar-refractivity contribution in [1.29, 1.82) is 0 Å². The second-order valence-corrected chi connectivity index (χ2v) is 3.38. The van der Waals surface area contributed by atoms with Gasteiger partial charge in [-0.1, -0.05) is 0 Å². The van der Waals surface area contributed by atoms with E-state index in [4.69, 9.17) is 4.74 Å². The predicted octanol–water partition coefficient (Wildman–Crippen LogP) is 1.65. The van der Waals surface area contributed by atoms with Gasteiger partial charge >= 0.3 is 0 Å². The van der Waals surface area contributed by atoms with Crippen molar-refractivity contribution in [3.05, 3.63) is 24.7 Å². The highest BCUT2D eigenvalue weighted by molar-refractivity contribution is 5.54. The molecule has 2 aromatic heterocycles. The zero-order chi connectivity index (χ0) is 10.7. The molecule has 0 unspecified atom stereocenters. The van der Waals surface area contributed by atoms with Gasteiger partial charge in [0.05, 0.1) is 17.5 Å². The van der Waals surface area contributed by atoms with Crippen LogP contribution in [0.15, 0.2) is 24.7 Å². The summed E-state index contributed by atoms with van der Waals surface area (Å²) in [4.78, 5) is 7.95. The molecule has 0 radical (unpaired) electrons. The monoisotopic (exact) mass is 204 g/mol. The third kappa shape index (κ3) is 2.31. The van der Waals surface area contributed by atoms with E-state index in [9.17, 15) is 0 Å². The lowest BCUT2D eigenvalue weighted by Gasteiger charge is -2.03. The van der Waals surface area contributed by atoms with Crippen molar-refractivity contribution in [3.63, 3.8) is 0 Å². The number of ether oxygens (including phenoxy) is 1. The maximum Gasteiger partial charge on any atom is 0.233 e. The van der Waals surface area contributed by atoms with E-state index in [0.717, 1.165) is 11.4 Å². The molecule has 0 spiro atoms. The van der Waals surface area contributed by atoms with Gasteiger partial charge in [0.25, 0.3) is 0 Å². The molecule has 0 amide bonds. The number of nitrogens with zero attached hydrogens (tertiary/aromatic N) is 3. The van der Waals surface area contributed by atoms with Crippen molar-refractivity contribution < 1.29 is 4.74 Å². The fourth-order valence-corrected chi connectivity index (χ4v) is 1.19. The molecule has 0 saturated heterocycles. The van der Waals surface area contributed by atoms with Gasteiger partial charge in [-0.3, -0.25) is 5.10 Å². The molecule has 78 valence electrons. The lowest BCUT2D eigenvalue weighted by atomic mass is 10.3. The van der Waals surface area contributed by atoms with Crippen LogP contribution in [-0.4, -0.2) is 26.3 Å². The van der Waals surface area contributed by atoms with Crippen LogP contribution in [0.1, 0.15) is 13.8 Å². The molecule has 0 fully saturated rings. The van der Waals surface area contributed by atoms with Gasteiger partial charge in [0.1, 0.15) is 6.33 Å². The molecule has 0 aliphatic carbocycles. The molecule has 0 aliphatic rings. The van der Waals surface area contributed by atoms with E-state index in [-0.39, 0.29) is 6.10 Å². The Morgan fingerprint density at radius 2 is 2.27 bits per heavy atom. The maximum absolute atomic E-state index is 5.43. The van der Waals surface area contributed by atoms with E-state index in [1.807, 2.05) is 26.0 Å². The molecule has 0 aromatic carbocycles. The fraction of sp³-hybridized carbons (Fsp3) is 0.300. The molecule has 2 aromatic rings. The van der Waals surface area contributed by atoms with Crippen molar-refractivity contribution in [2.45, 2.75) is 20.0 Å². The molecule has 15 heavy (non-hydrogen) atoms. The SMILES string of the molecule is CC(C)Oc1cc(-c2ccncn2)[nH]n1. The maximum atomic E-state index is 5.43. The number of aromatic amines is 1. The molecule has 0 saturated carbocycles. The highest BCUT2D eigenvalue weighted by Gasteiger charge is 2.06. The summed E-state index contributed by atoms with van der Waals surface area (Å²) in [6.45, 7) is 3.91. The summed E-state index contributed by atoms with van der Waals surface area (Å²) in [5.74, 6) is 0.582. The van der Waals surface area contributed by atoms with E-state index in [1.165, 1.54) is 6.33 Å². The van der Waals surface area contributed by atoms with Gasteiger partial charge < -0.3 is 4.74 Å². The first-order valence-corrected chi connectivity index (χ1v) is 4.74. The van der Waals surface area contributed by atoms with Gasteiger partial charge in [-0.25, -0.2) is 9.97 Å². The second-order valence-electron chi connectivity index (χ2n) is 3.38. The molecule has 0 aliphatic heterocycles. The standard InChI is InChI=1S/C10H12N4O/c1-7(2)15-10-5-9(13-14-10)8-3-4-11-6-12-8/h3-7H,1-2H3,(H,13,14).